The van der Waals surface area contributed by atoms with E-state index in [-0.39, 0.29) is 24.2 Å². The average molecular weight is 328 g/mol. The standard InChI is InChI=1S/C18H20N2O4/c1-13-12-15(8-9-16(13)20(23)24)18(22)19(2)17(10-11-21)14-6-4-3-5-7-14/h3-9,12,17,21H,10-11H2,1-2H3. The Labute approximate surface area is 140 Å². The summed E-state index contributed by atoms with van der Waals surface area (Å²) in [6.07, 6.45) is 0.415. The van der Waals surface area contributed by atoms with Gasteiger partial charge in [0.25, 0.3) is 11.6 Å². The van der Waals surface area contributed by atoms with Gasteiger partial charge in [-0.05, 0) is 31.0 Å². The van der Waals surface area contributed by atoms with Crippen LogP contribution in [0, 0.1) is 17.0 Å². The number of nitrogens with zero attached hydrogens (tertiary/aromatic N) is 2. The Morgan fingerprint density at radius 1 is 1.25 bits per heavy atom. The lowest BCUT2D eigenvalue weighted by Gasteiger charge is -2.28. The number of benzene rings is 2. The number of aliphatic hydroxyl groups excluding tert-OH is 1. The normalized spacial score (nSPS) is 11.8. The fourth-order valence-corrected chi connectivity index (χ4v) is 2.72. The molecular formula is C18H20N2O4. The summed E-state index contributed by atoms with van der Waals surface area (Å²) in [7, 11) is 1.67. The van der Waals surface area contributed by atoms with Gasteiger partial charge < -0.3 is 10.0 Å². The molecule has 0 aliphatic carbocycles. The van der Waals surface area contributed by atoms with Crippen molar-refractivity contribution in [2.45, 2.75) is 19.4 Å². The average Bonchev–Trinajstić information content (AvgIpc) is 2.58. The number of amides is 1. The third-order valence-corrected chi connectivity index (χ3v) is 4.02. The molecular weight excluding hydrogens is 308 g/mol. The third kappa shape index (κ3) is 3.78. The Morgan fingerprint density at radius 2 is 1.92 bits per heavy atom. The minimum absolute atomic E-state index is 0.0100. The maximum Gasteiger partial charge on any atom is 0.272 e. The molecule has 0 heterocycles. The Hall–Kier alpha value is -2.73. The van der Waals surface area contributed by atoms with Gasteiger partial charge in [-0.25, -0.2) is 0 Å². The van der Waals surface area contributed by atoms with Crippen LogP contribution in [0.25, 0.3) is 0 Å². The molecule has 1 N–H and O–H groups in total. The third-order valence-electron chi connectivity index (χ3n) is 4.02. The van der Waals surface area contributed by atoms with Crippen molar-refractivity contribution >= 4 is 11.6 Å². The van der Waals surface area contributed by atoms with Crippen molar-refractivity contribution in [2.75, 3.05) is 13.7 Å². The van der Waals surface area contributed by atoms with E-state index in [1.54, 1.807) is 18.9 Å². The molecule has 0 radical (unpaired) electrons. The number of rotatable bonds is 6. The van der Waals surface area contributed by atoms with Gasteiger partial charge in [-0.15, -0.1) is 0 Å². The molecule has 1 unspecified atom stereocenters. The second kappa shape index (κ2) is 7.70. The molecule has 1 amide bonds. The topological polar surface area (TPSA) is 83.7 Å². The molecule has 0 saturated heterocycles. The van der Waals surface area contributed by atoms with Crippen LogP contribution in [0.3, 0.4) is 0 Å². The summed E-state index contributed by atoms with van der Waals surface area (Å²) in [5, 5.41) is 20.2. The summed E-state index contributed by atoms with van der Waals surface area (Å²) in [6.45, 7) is 1.56. The molecule has 24 heavy (non-hydrogen) atoms. The SMILES string of the molecule is Cc1cc(C(=O)N(C)C(CCO)c2ccccc2)ccc1[N+](=O)[O-]. The highest BCUT2D eigenvalue weighted by Gasteiger charge is 2.23. The summed E-state index contributed by atoms with van der Waals surface area (Å²) in [5.74, 6) is -0.240. The monoisotopic (exact) mass is 328 g/mol. The number of hydrogen-bond acceptors (Lipinski definition) is 4. The lowest BCUT2D eigenvalue weighted by Crippen LogP contribution is -2.32. The molecule has 126 valence electrons. The van der Waals surface area contributed by atoms with Crippen LogP contribution in [0.15, 0.2) is 48.5 Å². The van der Waals surface area contributed by atoms with Crippen LogP contribution in [-0.4, -0.2) is 34.5 Å². The molecule has 0 aromatic heterocycles. The maximum atomic E-state index is 12.7. The molecule has 2 aromatic carbocycles. The number of nitro benzene ring substituents is 1. The van der Waals surface area contributed by atoms with Crippen molar-refractivity contribution in [1.82, 2.24) is 4.90 Å². The van der Waals surface area contributed by atoms with Crippen molar-refractivity contribution < 1.29 is 14.8 Å². The van der Waals surface area contributed by atoms with Gasteiger partial charge in [-0.2, -0.15) is 0 Å². The fraction of sp³-hybridized carbons (Fsp3) is 0.278. The summed E-state index contributed by atoms with van der Waals surface area (Å²) in [4.78, 5) is 24.7. The lowest BCUT2D eigenvalue weighted by molar-refractivity contribution is -0.385. The van der Waals surface area contributed by atoms with Gasteiger partial charge in [0.05, 0.1) is 11.0 Å². The first-order chi connectivity index (χ1) is 11.5. The number of aryl methyl sites for hydroxylation is 1. The van der Waals surface area contributed by atoms with Crippen molar-refractivity contribution in [3.05, 3.63) is 75.3 Å². The zero-order valence-electron chi connectivity index (χ0n) is 13.7. The number of carbonyl (C=O) groups is 1. The minimum atomic E-state index is -0.466. The van der Waals surface area contributed by atoms with Gasteiger partial charge >= 0.3 is 0 Å². The number of hydrogen-bond donors (Lipinski definition) is 1. The molecule has 0 aliphatic heterocycles. The minimum Gasteiger partial charge on any atom is -0.396 e. The Morgan fingerprint density at radius 3 is 2.46 bits per heavy atom. The van der Waals surface area contributed by atoms with Gasteiger partial charge in [0.2, 0.25) is 0 Å². The summed E-state index contributed by atoms with van der Waals surface area (Å²) in [6, 6.07) is 13.5. The quantitative estimate of drug-likeness (QED) is 0.652. The molecule has 1 atom stereocenters. The number of nitro groups is 1. The van der Waals surface area contributed by atoms with Crippen LogP contribution >= 0.6 is 0 Å². The molecule has 2 rings (SSSR count). The van der Waals surface area contributed by atoms with E-state index in [9.17, 15) is 20.0 Å². The molecule has 0 aliphatic rings. The van der Waals surface area contributed by atoms with Gasteiger partial charge in [0.15, 0.2) is 0 Å². The van der Waals surface area contributed by atoms with Crippen LogP contribution in [0.4, 0.5) is 5.69 Å². The van der Waals surface area contributed by atoms with Crippen LogP contribution in [0.5, 0.6) is 0 Å². The maximum absolute atomic E-state index is 12.7. The van der Waals surface area contributed by atoms with Crippen molar-refractivity contribution in [2.24, 2.45) is 0 Å². The number of aliphatic hydroxyl groups is 1. The van der Waals surface area contributed by atoms with Crippen LogP contribution in [-0.2, 0) is 0 Å². The fourth-order valence-electron chi connectivity index (χ4n) is 2.72. The van der Waals surface area contributed by atoms with Crippen LogP contribution < -0.4 is 0 Å². The molecule has 0 bridgehead atoms. The second-order valence-corrected chi connectivity index (χ2v) is 5.61. The largest absolute Gasteiger partial charge is 0.396 e. The first-order valence-electron chi connectivity index (χ1n) is 7.63. The number of carbonyl (C=O) groups excluding carboxylic acids is 1. The summed E-state index contributed by atoms with van der Waals surface area (Å²) >= 11 is 0. The molecule has 0 fully saturated rings. The highest BCUT2D eigenvalue weighted by atomic mass is 16.6. The van der Waals surface area contributed by atoms with Crippen LogP contribution in [0.1, 0.15) is 33.9 Å². The Balaban J connectivity index is 2.29. The van der Waals surface area contributed by atoms with Gasteiger partial charge in [-0.3, -0.25) is 14.9 Å². The van der Waals surface area contributed by atoms with E-state index < -0.39 is 4.92 Å². The zero-order valence-corrected chi connectivity index (χ0v) is 13.7. The van der Waals surface area contributed by atoms with Gasteiger partial charge in [0, 0.05) is 30.8 Å². The van der Waals surface area contributed by atoms with E-state index in [1.807, 2.05) is 30.3 Å². The van der Waals surface area contributed by atoms with E-state index >= 15 is 0 Å². The summed E-state index contributed by atoms with van der Waals surface area (Å²) in [5.41, 5.74) is 1.75. The van der Waals surface area contributed by atoms with E-state index in [0.717, 1.165) is 5.56 Å². The van der Waals surface area contributed by atoms with E-state index in [0.29, 0.717) is 17.5 Å². The lowest BCUT2D eigenvalue weighted by atomic mass is 10.0. The van der Waals surface area contributed by atoms with Crippen molar-refractivity contribution in [3.8, 4) is 0 Å². The Kier molecular flexibility index (Phi) is 5.65. The zero-order chi connectivity index (χ0) is 17.7. The smallest absolute Gasteiger partial charge is 0.272 e. The van der Waals surface area contributed by atoms with Crippen LogP contribution in [0.2, 0.25) is 0 Å². The molecule has 0 saturated carbocycles. The highest BCUT2D eigenvalue weighted by molar-refractivity contribution is 5.94. The first kappa shape index (κ1) is 17.6. The molecule has 2 aromatic rings. The van der Waals surface area contributed by atoms with Crippen molar-refractivity contribution in [3.63, 3.8) is 0 Å². The highest BCUT2D eigenvalue weighted by Crippen LogP contribution is 2.26. The Bertz CT molecular complexity index is 731. The second-order valence-electron chi connectivity index (χ2n) is 5.61. The van der Waals surface area contributed by atoms with E-state index in [1.165, 1.54) is 18.2 Å². The molecule has 6 heteroatoms. The van der Waals surface area contributed by atoms with E-state index in [2.05, 4.69) is 0 Å². The van der Waals surface area contributed by atoms with Gasteiger partial charge in [0.1, 0.15) is 0 Å². The van der Waals surface area contributed by atoms with Crippen molar-refractivity contribution in [1.29, 1.82) is 0 Å². The molecule has 6 nitrogen and oxygen atoms in total. The predicted molar refractivity (Wildman–Crippen MR) is 90.8 cm³/mol. The van der Waals surface area contributed by atoms with E-state index in [4.69, 9.17) is 0 Å². The first-order valence-corrected chi connectivity index (χ1v) is 7.63. The molecule has 0 spiro atoms. The predicted octanol–water partition coefficient (Wildman–Crippen LogP) is 3.10. The summed E-state index contributed by atoms with van der Waals surface area (Å²) < 4.78 is 0. The van der Waals surface area contributed by atoms with Gasteiger partial charge in [-0.1, -0.05) is 30.3 Å².